The Balaban J connectivity index is 1.20. The number of hydrogen-bond donors (Lipinski definition) is 2. The van der Waals surface area contributed by atoms with Crippen molar-refractivity contribution in [2.24, 2.45) is 11.8 Å². The van der Waals surface area contributed by atoms with Crippen molar-refractivity contribution in [3.63, 3.8) is 0 Å². The number of rotatable bonds is 5. The van der Waals surface area contributed by atoms with Crippen LogP contribution in [-0.2, 0) is 11.3 Å². The fraction of sp³-hybridized carbons (Fsp3) is 0.609. The molecular weight excluding hydrogens is 378 g/mol. The number of amides is 1. The van der Waals surface area contributed by atoms with Crippen LogP contribution in [0.5, 0.6) is 5.75 Å². The van der Waals surface area contributed by atoms with E-state index in [2.05, 4.69) is 20.5 Å². The number of fused-ring (bicyclic) bond motifs is 3. The average molecular weight is 410 g/mol. The second kappa shape index (κ2) is 8.38. The molecule has 2 aromatic rings. The van der Waals surface area contributed by atoms with Crippen LogP contribution < -0.4 is 5.32 Å². The summed E-state index contributed by atoms with van der Waals surface area (Å²) in [6.45, 7) is 2.72. The molecule has 2 N–H and O–H groups in total. The van der Waals surface area contributed by atoms with Crippen molar-refractivity contribution in [3.05, 3.63) is 30.5 Å². The highest BCUT2D eigenvalue weighted by Gasteiger charge is 2.43. The Morgan fingerprint density at radius 2 is 2.07 bits per heavy atom. The minimum absolute atomic E-state index is 0.135. The third-order valence-corrected chi connectivity index (χ3v) is 7.25. The number of phenols is 1. The van der Waals surface area contributed by atoms with Gasteiger partial charge in [0.15, 0.2) is 0 Å². The van der Waals surface area contributed by atoms with E-state index < -0.39 is 0 Å². The number of aromatic nitrogens is 3. The SMILES string of the molecule is O=C(NC1CCCCC1)C1CN2CCC1CC2Cn1cc(-c2cccc(O)c2)nn1. The highest BCUT2D eigenvalue weighted by molar-refractivity contribution is 5.79. The normalized spacial score (nSPS) is 29.1. The second-order valence-corrected chi connectivity index (χ2v) is 9.26. The van der Waals surface area contributed by atoms with Crippen molar-refractivity contribution in [2.45, 2.75) is 63.6 Å². The molecule has 4 atom stereocenters. The number of nitrogens with one attached hydrogen (secondary N) is 1. The maximum Gasteiger partial charge on any atom is 0.224 e. The Morgan fingerprint density at radius 3 is 2.83 bits per heavy atom. The number of nitrogens with zero attached hydrogens (tertiary/aromatic N) is 4. The molecule has 0 spiro atoms. The third kappa shape index (κ3) is 4.08. The number of benzene rings is 1. The molecule has 4 unspecified atom stereocenters. The maximum atomic E-state index is 12.9. The van der Waals surface area contributed by atoms with E-state index in [9.17, 15) is 9.90 Å². The molecule has 3 saturated heterocycles. The molecule has 6 rings (SSSR count). The zero-order chi connectivity index (χ0) is 20.5. The van der Waals surface area contributed by atoms with Gasteiger partial charge in [-0.1, -0.05) is 36.6 Å². The quantitative estimate of drug-likeness (QED) is 0.793. The molecule has 7 nitrogen and oxygen atoms in total. The van der Waals surface area contributed by atoms with Crippen LogP contribution in [0.25, 0.3) is 11.3 Å². The molecule has 4 heterocycles. The summed E-state index contributed by atoms with van der Waals surface area (Å²) in [6.07, 6.45) is 10.2. The summed E-state index contributed by atoms with van der Waals surface area (Å²) in [5, 5.41) is 21.6. The Kier molecular flexibility index (Phi) is 5.46. The van der Waals surface area contributed by atoms with E-state index in [0.717, 1.165) is 56.6 Å². The summed E-state index contributed by atoms with van der Waals surface area (Å²) >= 11 is 0. The standard InChI is InChI=1S/C23H31N5O2/c29-20-8-4-5-17(12-20)22-15-28(26-25-22)13-19-11-16-9-10-27(19)14-21(16)23(30)24-18-6-2-1-3-7-18/h4-5,8,12,15-16,18-19,21,29H,1-3,6-7,9-11,13-14H2,(H,24,30). The number of carbonyl (C=O) groups excluding carboxylic acids is 1. The fourth-order valence-electron chi connectivity index (χ4n) is 5.58. The minimum atomic E-state index is 0.135. The van der Waals surface area contributed by atoms with Crippen molar-refractivity contribution in [3.8, 4) is 17.0 Å². The molecule has 2 bridgehead atoms. The number of hydrogen-bond acceptors (Lipinski definition) is 5. The smallest absolute Gasteiger partial charge is 0.224 e. The lowest BCUT2D eigenvalue weighted by Gasteiger charge is -2.49. The largest absolute Gasteiger partial charge is 0.508 e. The van der Waals surface area contributed by atoms with E-state index in [-0.39, 0.29) is 17.6 Å². The molecule has 0 radical (unpaired) electrons. The van der Waals surface area contributed by atoms with Crippen LogP contribution in [0, 0.1) is 11.8 Å². The zero-order valence-electron chi connectivity index (χ0n) is 17.4. The van der Waals surface area contributed by atoms with E-state index in [4.69, 9.17) is 0 Å². The lowest BCUT2D eigenvalue weighted by molar-refractivity contribution is -0.134. The number of piperidine rings is 3. The van der Waals surface area contributed by atoms with E-state index in [1.54, 1.807) is 12.1 Å². The molecule has 1 aliphatic carbocycles. The van der Waals surface area contributed by atoms with Crippen LogP contribution in [0.4, 0.5) is 0 Å². The molecule has 1 aromatic heterocycles. The van der Waals surface area contributed by atoms with Crippen molar-refractivity contribution in [2.75, 3.05) is 13.1 Å². The summed E-state index contributed by atoms with van der Waals surface area (Å²) in [4.78, 5) is 15.4. The first-order valence-electron chi connectivity index (χ1n) is 11.4. The van der Waals surface area contributed by atoms with Crippen molar-refractivity contribution < 1.29 is 9.90 Å². The predicted octanol–water partition coefficient (Wildman–Crippen LogP) is 2.81. The van der Waals surface area contributed by atoms with Crippen molar-refractivity contribution in [1.29, 1.82) is 0 Å². The third-order valence-electron chi connectivity index (χ3n) is 7.25. The zero-order valence-corrected chi connectivity index (χ0v) is 17.4. The van der Waals surface area contributed by atoms with Crippen LogP contribution in [-0.4, -0.2) is 56.1 Å². The highest BCUT2D eigenvalue weighted by atomic mass is 16.3. The van der Waals surface area contributed by atoms with E-state index >= 15 is 0 Å². The van der Waals surface area contributed by atoms with Gasteiger partial charge < -0.3 is 10.4 Å². The van der Waals surface area contributed by atoms with Gasteiger partial charge in [0.25, 0.3) is 0 Å². The number of carbonyl (C=O) groups is 1. The van der Waals surface area contributed by atoms with Gasteiger partial charge in [0.2, 0.25) is 5.91 Å². The van der Waals surface area contributed by atoms with Gasteiger partial charge in [-0.2, -0.15) is 0 Å². The molecular formula is C23H31N5O2. The molecule has 1 aromatic carbocycles. The van der Waals surface area contributed by atoms with Crippen molar-refractivity contribution in [1.82, 2.24) is 25.2 Å². The number of aromatic hydroxyl groups is 1. The summed E-state index contributed by atoms with van der Waals surface area (Å²) in [5.74, 6) is 1.12. The van der Waals surface area contributed by atoms with Crippen LogP contribution in [0.3, 0.4) is 0 Å². The predicted molar refractivity (Wildman–Crippen MR) is 114 cm³/mol. The van der Waals surface area contributed by atoms with Gasteiger partial charge in [-0.3, -0.25) is 14.4 Å². The second-order valence-electron chi connectivity index (χ2n) is 9.26. The maximum absolute atomic E-state index is 12.9. The van der Waals surface area contributed by atoms with Gasteiger partial charge in [-0.05, 0) is 50.3 Å². The van der Waals surface area contributed by atoms with Gasteiger partial charge in [-0.15, -0.1) is 5.10 Å². The lowest BCUT2D eigenvalue weighted by Crippen LogP contribution is -2.58. The first-order valence-corrected chi connectivity index (χ1v) is 11.4. The Morgan fingerprint density at radius 1 is 1.20 bits per heavy atom. The van der Waals surface area contributed by atoms with Gasteiger partial charge >= 0.3 is 0 Å². The first kappa shape index (κ1) is 19.5. The lowest BCUT2D eigenvalue weighted by atomic mass is 9.75. The molecule has 30 heavy (non-hydrogen) atoms. The van der Waals surface area contributed by atoms with Crippen LogP contribution in [0.1, 0.15) is 44.9 Å². The minimum Gasteiger partial charge on any atom is -0.508 e. The first-order chi connectivity index (χ1) is 14.7. The van der Waals surface area contributed by atoms with Gasteiger partial charge in [0, 0.05) is 24.2 Å². The fourth-order valence-corrected chi connectivity index (χ4v) is 5.58. The highest BCUT2D eigenvalue weighted by Crippen LogP contribution is 2.37. The van der Waals surface area contributed by atoms with Crippen molar-refractivity contribution >= 4 is 5.91 Å². The van der Waals surface area contributed by atoms with E-state index in [1.807, 2.05) is 23.0 Å². The van der Waals surface area contributed by atoms with Gasteiger partial charge in [-0.25, -0.2) is 0 Å². The average Bonchev–Trinajstić information content (AvgIpc) is 3.23. The van der Waals surface area contributed by atoms with Crippen LogP contribution in [0.15, 0.2) is 30.5 Å². The summed E-state index contributed by atoms with van der Waals surface area (Å²) in [6, 6.07) is 7.89. The molecule has 4 aliphatic rings. The Bertz CT molecular complexity index is 891. The summed E-state index contributed by atoms with van der Waals surface area (Å²) < 4.78 is 1.90. The molecule has 3 aliphatic heterocycles. The monoisotopic (exact) mass is 409 g/mol. The van der Waals surface area contributed by atoms with Gasteiger partial charge in [0.1, 0.15) is 11.4 Å². The van der Waals surface area contributed by atoms with E-state index in [0.29, 0.717) is 18.0 Å². The van der Waals surface area contributed by atoms with Crippen LogP contribution in [0.2, 0.25) is 0 Å². The van der Waals surface area contributed by atoms with Gasteiger partial charge in [0.05, 0.1) is 18.7 Å². The topological polar surface area (TPSA) is 83.3 Å². The Hall–Kier alpha value is -2.41. The van der Waals surface area contributed by atoms with Crippen LogP contribution >= 0.6 is 0 Å². The molecule has 1 amide bonds. The molecule has 160 valence electrons. The number of phenolic OH excluding ortho intramolecular Hbond substituents is 1. The van der Waals surface area contributed by atoms with E-state index in [1.165, 1.54) is 19.3 Å². The molecule has 7 heteroatoms. The Labute approximate surface area is 177 Å². The molecule has 4 fully saturated rings. The molecule has 1 saturated carbocycles. The summed E-state index contributed by atoms with van der Waals surface area (Å²) in [7, 11) is 0. The summed E-state index contributed by atoms with van der Waals surface area (Å²) in [5.41, 5.74) is 1.64.